The molecule has 2 bridgehead atoms. The van der Waals surface area contributed by atoms with Crippen molar-refractivity contribution in [1.29, 1.82) is 0 Å². The Kier molecular flexibility index (Phi) is 6.76. The van der Waals surface area contributed by atoms with Gasteiger partial charge in [0.15, 0.2) is 23.0 Å². The van der Waals surface area contributed by atoms with Crippen LogP contribution in [0.2, 0.25) is 0 Å². The first-order valence-electron chi connectivity index (χ1n) is 11.1. The zero-order valence-electron chi connectivity index (χ0n) is 19.0. The molecule has 3 fully saturated rings. The summed E-state index contributed by atoms with van der Waals surface area (Å²) in [5.74, 6) is 3.79. The molecular formula is C25H34N2O4. The lowest BCUT2D eigenvalue weighted by molar-refractivity contribution is 0.0407. The molecule has 6 heteroatoms. The van der Waals surface area contributed by atoms with Gasteiger partial charge in [-0.2, -0.15) is 0 Å². The van der Waals surface area contributed by atoms with E-state index in [2.05, 4.69) is 28.4 Å². The van der Waals surface area contributed by atoms with Crippen LogP contribution in [0.15, 0.2) is 36.4 Å². The molecule has 2 aromatic carbocycles. The van der Waals surface area contributed by atoms with E-state index >= 15 is 0 Å². The first-order chi connectivity index (χ1) is 15.1. The molecule has 2 aliphatic heterocycles. The maximum Gasteiger partial charge on any atom is 0.162 e. The summed E-state index contributed by atoms with van der Waals surface area (Å²) in [5, 5.41) is 3.77. The highest BCUT2D eigenvalue weighted by atomic mass is 16.5. The molecule has 3 unspecified atom stereocenters. The third-order valence-electron chi connectivity index (χ3n) is 6.82. The van der Waals surface area contributed by atoms with Gasteiger partial charge in [-0.05, 0) is 61.4 Å². The molecule has 0 radical (unpaired) electrons. The first-order valence-corrected chi connectivity index (χ1v) is 11.1. The number of methoxy groups -OCH3 is 4. The van der Waals surface area contributed by atoms with E-state index in [1.807, 2.05) is 18.2 Å². The van der Waals surface area contributed by atoms with Gasteiger partial charge in [-0.25, -0.2) is 0 Å². The van der Waals surface area contributed by atoms with Crippen molar-refractivity contribution in [3.8, 4) is 23.0 Å². The Morgan fingerprint density at radius 2 is 1.52 bits per heavy atom. The quantitative estimate of drug-likeness (QED) is 0.648. The molecule has 2 aromatic rings. The molecule has 3 atom stereocenters. The van der Waals surface area contributed by atoms with E-state index in [-0.39, 0.29) is 0 Å². The van der Waals surface area contributed by atoms with Crippen LogP contribution in [-0.4, -0.2) is 58.5 Å². The van der Waals surface area contributed by atoms with Crippen molar-refractivity contribution in [3.05, 3.63) is 42.0 Å². The summed E-state index contributed by atoms with van der Waals surface area (Å²) in [7, 11) is 6.72. The number of nitrogens with zero attached hydrogens (tertiary/aromatic N) is 1. The molecule has 31 heavy (non-hydrogen) atoms. The molecule has 0 spiro atoms. The lowest BCUT2D eigenvalue weighted by atomic mass is 9.76. The molecular weight excluding hydrogens is 392 g/mol. The number of nitrogens with one attached hydrogen (secondary N) is 1. The molecule has 168 valence electrons. The van der Waals surface area contributed by atoms with Gasteiger partial charge < -0.3 is 24.3 Å². The molecule has 5 rings (SSSR count). The van der Waals surface area contributed by atoms with Gasteiger partial charge in [-0.1, -0.05) is 6.07 Å². The van der Waals surface area contributed by atoms with Crippen molar-refractivity contribution in [2.24, 2.45) is 5.92 Å². The highest BCUT2D eigenvalue weighted by Gasteiger charge is 2.40. The van der Waals surface area contributed by atoms with Crippen molar-refractivity contribution >= 4 is 5.69 Å². The second-order valence-corrected chi connectivity index (χ2v) is 8.48. The summed E-state index contributed by atoms with van der Waals surface area (Å²) in [5.41, 5.74) is 2.39. The zero-order valence-corrected chi connectivity index (χ0v) is 19.0. The number of piperidine rings is 2. The highest BCUT2D eigenvalue weighted by Crippen LogP contribution is 2.38. The number of ether oxygens (including phenoxy) is 4. The number of hydrogen-bond acceptors (Lipinski definition) is 6. The third kappa shape index (κ3) is 4.69. The zero-order chi connectivity index (χ0) is 21.8. The minimum atomic E-state index is 0.509. The Morgan fingerprint density at radius 1 is 0.839 bits per heavy atom. The maximum atomic E-state index is 5.46. The van der Waals surface area contributed by atoms with Crippen LogP contribution in [0.25, 0.3) is 0 Å². The molecule has 0 aromatic heterocycles. The largest absolute Gasteiger partial charge is 0.493 e. The Hall–Kier alpha value is -2.60. The van der Waals surface area contributed by atoms with Gasteiger partial charge in [-0.3, -0.25) is 4.90 Å². The first kappa shape index (κ1) is 21.6. The Balaban J connectivity index is 1.35. The predicted molar refractivity (Wildman–Crippen MR) is 123 cm³/mol. The van der Waals surface area contributed by atoms with Gasteiger partial charge in [0.2, 0.25) is 0 Å². The minimum absolute atomic E-state index is 0.509. The van der Waals surface area contributed by atoms with Crippen molar-refractivity contribution in [2.45, 2.75) is 37.8 Å². The van der Waals surface area contributed by atoms with Gasteiger partial charge in [0.25, 0.3) is 0 Å². The summed E-state index contributed by atoms with van der Waals surface area (Å²) in [4.78, 5) is 2.68. The van der Waals surface area contributed by atoms with E-state index in [4.69, 9.17) is 18.9 Å². The van der Waals surface area contributed by atoms with Crippen molar-refractivity contribution in [3.63, 3.8) is 0 Å². The topological polar surface area (TPSA) is 52.2 Å². The molecule has 3 aliphatic rings. The lowest BCUT2D eigenvalue weighted by Crippen LogP contribution is -2.56. The Labute approximate surface area is 185 Å². The van der Waals surface area contributed by atoms with Crippen molar-refractivity contribution < 1.29 is 18.9 Å². The van der Waals surface area contributed by atoms with Crippen LogP contribution < -0.4 is 24.3 Å². The van der Waals surface area contributed by atoms with Gasteiger partial charge in [0.1, 0.15) is 0 Å². The number of rotatable bonds is 9. The molecule has 1 aliphatic carbocycles. The van der Waals surface area contributed by atoms with Crippen molar-refractivity contribution in [1.82, 2.24) is 4.90 Å². The predicted octanol–water partition coefficient (Wildman–Crippen LogP) is 4.23. The van der Waals surface area contributed by atoms with Gasteiger partial charge >= 0.3 is 0 Å². The average molecular weight is 427 g/mol. The van der Waals surface area contributed by atoms with Gasteiger partial charge in [0.05, 0.1) is 28.4 Å². The highest BCUT2D eigenvalue weighted by molar-refractivity contribution is 5.55. The van der Waals surface area contributed by atoms with Crippen LogP contribution in [0.4, 0.5) is 5.69 Å². The molecule has 1 N–H and O–H groups in total. The summed E-state index contributed by atoms with van der Waals surface area (Å²) in [6, 6.07) is 13.5. The van der Waals surface area contributed by atoms with E-state index in [9.17, 15) is 0 Å². The maximum absolute atomic E-state index is 5.46. The second-order valence-electron chi connectivity index (χ2n) is 8.48. The fourth-order valence-electron chi connectivity index (χ4n) is 5.11. The monoisotopic (exact) mass is 426 g/mol. The van der Waals surface area contributed by atoms with E-state index in [0.29, 0.717) is 18.0 Å². The second kappa shape index (κ2) is 9.69. The minimum Gasteiger partial charge on any atom is -0.493 e. The lowest BCUT2D eigenvalue weighted by Gasteiger charge is -2.50. The number of fused-ring (bicyclic) bond motifs is 3. The third-order valence-corrected chi connectivity index (χ3v) is 6.82. The van der Waals surface area contributed by atoms with Crippen LogP contribution >= 0.6 is 0 Å². The van der Waals surface area contributed by atoms with Gasteiger partial charge in [0, 0.05) is 36.9 Å². The summed E-state index contributed by atoms with van der Waals surface area (Å²) in [6.45, 7) is 2.24. The van der Waals surface area contributed by atoms with Gasteiger partial charge in [-0.15, -0.1) is 0 Å². The number of benzene rings is 2. The molecule has 0 amide bonds. The Morgan fingerprint density at radius 3 is 2.16 bits per heavy atom. The number of anilines is 1. The van der Waals surface area contributed by atoms with E-state index in [1.54, 1.807) is 28.4 Å². The fraction of sp³-hybridized carbons (Fsp3) is 0.520. The molecule has 2 heterocycles. The summed E-state index contributed by atoms with van der Waals surface area (Å²) in [6.07, 6.45) is 4.80. The number of hydrogen-bond donors (Lipinski definition) is 1. The fourth-order valence-corrected chi connectivity index (χ4v) is 5.11. The average Bonchev–Trinajstić information content (AvgIpc) is 2.83. The van der Waals surface area contributed by atoms with Crippen molar-refractivity contribution in [2.75, 3.05) is 46.8 Å². The normalized spacial score (nSPS) is 22.8. The van der Waals surface area contributed by atoms with E-state index in [1.165, 1.54) is 24.8 Å². The van der Waals surface area contributed by atoms with Crippen LogP contribution in [0.1, 0.15) is 24.8 Å². The summed E-state index contributed by atoms with van der Waals surface area (Å²) < 4.78 is 21.6. The summed E-state index contributed by atoms with van der Waals surface area (Å²) >= 11 is 0. The standard InChI is InChI=1S/C25H34N2O4/c1-28-22-9-5-17(13-24(22)30-3)11-12-27-16-18-6-8-20(27)15-21(18)26-19-7-10-23(29-2)25(14-19)31-4/h5,7,9-10,13-14,18,20-21,26H,6,8,11-12,15-16H2,1-4H3. The Bertz CT molecular complexity index is 888. The molecule has 6 nitrogen and oxygen atoms in total. The van der Waals surface area contributed by atoms with Crippen LogP contribution in [0.5, 0.6) is 23.0 Å². The van der Waals surface area contributed by atoms with E-state index < -0.39 is 0 Å². The molecule has 2 saturated heterocycles. The van der Waals surface area contributed by atoms with Crippen LogP contribution in [0.3, 0.4) is 0 Å². The molecule has 1 saturated carbocycles. The smallest absolute Gasteiger partial charge is 0.162 e. The van der Waals surface area contributed by atoms with E-state index in [0.717, 1.165) is 48.2 Å². The van der Waals surface area contributed by atoms with Crippen LogP contribution in [-0.2, 0) is 6.42 Å². The van der Waals surface area contributed by atoms with Crippen LogP contribution in [0, 0.1) is 5.92 Å². The SMILES string of the molecule is COc1ccc(CCN2CC3CCC2CC3Nc2ccc(OC)c(OC)c2)cc1OC.